The lowest BCUT2D eigenvalue weighted by atomic mass is 9.52. The quantitative estimate of drug-likeness (QED) is 0.231. The number of benzene rings is 2. The highest BCUT2D eigenvalue weighted by Crippen LogP contribution is 2.78. The summed E-state index contributed by atoms with van der Waals surface area (Å²) in [6.07, 6.45) is -8.45. The Morgan fingerprint density at radius 2 is 0.980 bits per heavy atom. The first-order chi connectivity index (χ1) is 23.7. The summed E-state index contributed by atoms with van der Waals surface area (Å²) in [5, 5.41) is 56.0. The summed E-state index contributed by atoms with van der Waals surface area (Å²) in [4.78, 5) is 57.4. The van der Waals surface area contributed by atoms with Crippen LogP contribution in [0.25, 0.3) is 0 Å². The van der Waals surface area contributed by atoms with E-state index in [0.29, 0.717) is 22.5 Å². The van der Waals surface area contributed by atoms with Crippen LogP contribution in [0.3, 0.4) is 0 Å². The summed E-state index contributed by atoms with van der Waals surface area (Å²) in [5.74, 6) is -2.37. The van der Waals surface area contributed by atoms with Crippen molar-refractivity contribution in [2.75, 3.05) is 24.7 Å². The first-order valence-corrected chi connectivity index (χ1v) is 20.4. The Balaban J connectivity index is 1.33. The minimum Gasteiger partial charge on any atom is -0.389 e. The lowest BCUT2D eigenvalue weighted by molar-refractivity contribution is -0.172. The predicted molar refractivity (Wildman–Crippen MR) is 187 cm³/mol. The number of carbonyl (C=O) groups excluding carboxylic acids is 4. The van der Waals surface area contributed by atoms with Gasteiger partial charge in [0, 0.05) is 25.5 Å². The molecule has 50 heavy (non-hydrogen) atoms. The number of nitrogens with zero attached hydrogens (tertiary/aromatic N) is 4. The lowest BCUT2D eigenvalue weighted by Gasteiger charge is -2.59. The van der Waals surface area contributed by atoms with E-state index in [9.17, 15) is 39.6 Å². The van der Waals surface area contributed by atoms with E-state index in [0.717, 1.165) is 43.2 Å². The molecule has 2 aromatic rings. The van der Waals surface area contributed by atoms with Crippen molar-refractivity contribution in [1.82, 2.24) is 19.6 Å². The molecule has 10 heterocycles. The van der Waals surface area contributed by atoms with Gasteiger partial charge in [-0.1, -0.05) is 36.4 Å². The first-order valence-electron chi connectivity index (χ1n) is 16.1. The van der Waals surface area contributed by atoms with E-state index >= 15 is 0 Å². The number of para-hydroxylation sites is 2. The van der Waals surface area contributed by atoms with Crippen LogP contribution in [0.5, 0.6) is 0 Å². The number of nitrogens with one attached hydrogen (secondary N) is 2. The maximum atomic E-state index is 15.0. The molecule has 0 aliphatic carbocycles. The van der Waals surface area contributed by atoms with Crippen molar-refractivity contribution in [1.29, 1.82) is 0 Å². The van der Waals surface area contributed by atoms with Gasteiger partial charge in [0.05, 0.1) is 23.0 Å². The van der Waals surface area contributed by atoms with Crippen LogP contribution < -0.4 is 10.6 Å². The molecule has 4 amide bonds. The minimum absolute atomic E-state index is 0.495. The monoisotopic (exact) mass is 756 g/mol. The van der Waals surface area contributed by atoms with Gasteiger partial charge in [-0.3, -0.25) is 29.0 Å². The first kappa shape index (κ1) is 31.9. The maximum absolute atomic E-state index is 15.0. The molecule has 262 valence electrons. The number of amides is 4. The Bertz CT molecular complexity index is 1870. The molecule has 10 aliphatic rings. The van der Waals surface area contributed by atoms with Crippen molar-refractivity contribution in [2.24, 2.45) is 0 Å². The molecule has 10 aliphatic heterocycles. The number of fused-ring (bicyclic) bond motifs is 11. The second-order valence-electron chi connectivity index (χ2n) is 14.3. The zero-order chi connectivity index (χ0) is 35.3. The van der Waals surface area contributed by atoms with Gasteiger partial charge >= 0.3 is 0 Å². The number of anilines is 2. The molecule has 12 rings (SSSR count). The Morgan fingerprint density at radius 3 is 1.34 bits per heavy atom. The van der Waals surface area contributed by atoms with E-state index < -0.39 is 90.7 Å². The standard InChI is InChI=1S/C32H32N6O8S4/c1-13(39)29-25(45)37-21-27(15-9-5-7-11-17(15)33-21,19(41)31(37,49-47-29)23(43)35(29)3)28-16-10-6-8-12-18(16)34-22(28)38-26(46)30(14(2)40)36(4)24(44)32(38,20(28)42)50-48-30/h5-14,19-22,33-34,39-42H,1-4H3/t13?,14?,19-,20-,21+,22+,27+,28?,29-,30-,31-,32-/m0/s1. The lowest BCUT2D eigenvalue weighted by Crippen LogP contribution is -2.80. The van der Waals surface area contributed by atoms with Gasteiger partial charge in [0.2, 0.25) is 19.5 Å². The second-order valence-corrected chi connectivity index (χ2v) is 19.4. The highest BCUT2D eigenvalue weighted by atomic mass is 33.1. The van der Waals surface area contributed by atoms with E-state index in [2.05, 4.69) is 10.6 Å². The van der Waals surface area contributed by atoms with E-state index in [-0.39, 0.29) is 0 Å². The Labute approximate surface area is 301 Å². The highest BCUT2D eigenvalue weighted by molar-refractivity contribution is 8.78. The maximum Gasteiger partial charge on any atom is 0.266 e. The topological polar surface area (TPSA) is 186 Å². The molecular formula is C32H32N6O8S4. The van der Waals surface area contributed by atoms with Crippen LogP contribution in [-0.4, -0.2) is 134 Å². The zero-order valence-electron chi connectivity index (χ0n) is 26.9. The molecule has 8 saturated heterocycles. The van der Waals surface area contributed by atoms with Crippen LogP contribution in [0.1, 0.15) is 25.0 Å². The van der Waals surface area contributed by atoms with E-state index in [1.807, 2.05) is 0 Å². The molecule has 12 atom stereocenters. The van der Waals surface area contributed by atoms with Crippen LogP contribution in [-0.2, 0) is 30.0 Å². The van der Waals surface area contributed by atoms with Crippen LogP contribution in [0.15, 0.2) is 48.5 Å². The van der Waals surface area contributed by atoms with Crippen molar-refractivity contribution in [2.45, 2.75) is 80.9 Å². The van der Waals surface area contributed by atoms with Crippen LogP contribution >= 0.6 is 43.2 Å². The minimum atomic E-state index is -1.93. The molecule has 0 saturated carbocycles. The van der Waals surface area contributed by atoms with Crippen LogP contribution in [0, 0.1) is 0 Å². The number of rotatable bonds is 3. The molecular weight excluding hydrogens is 725 g/mol. The SMILES string of the molecule is CC(O)[C@@]12SS[C@]3(C(=O)N1C)[C@@H](O)C1([C@@]45c6ccccc6N[C@@H]4N4C(=O)[C@]6(C(C)O)SS[C@]4(C(=O)N6C)[C@H]5O)c4ccccc4N[C@@H]1N3C2=O. The fourth-order valence-electron chi connectivity index (χ4n) is 10.6. The van der Waals surface area contributed by atoms with Crippen molar-refractivity contribution < 1.29 is 39.6 Å². The summed E-state index contributed by atoms with van der Waals surface area (Å²) >= 11 is 0. The van der Waals surface area contributed by atoms with Gasteiger partial charge < -0.3 is 40.9 Å². The summed E-state index contributed by atoms with van der Waals surface area (Å²) in [7, 11) is 6.94. The molecule has 2 aromatic carbocycles. The third-order valence-corrected chi connectivity index (χ3v) is 20.2. The molecule has 0 aromatic heterocycles. The number of hydrogen-bond donors (Lipinski definition) is 6. The number of carbonyl (C=O) groups is 4. The fraction of sp³-hybridized carbons (Fsp3) is 0.500. The third-order valence-electron chi connectivity index (χ3n) is 12.7. The van der Waals surface area contributed by atoms with Gasteiger partial charge in [0.15, 0.2) is 0 Å². The van der Waals surface area contributed by atoms with Gasteiger partial charge in [0.25, 0.3) is 23.6 Å². The second kappa shape index (κ2) is 9.20. The molecule has 0 radical (unpaired) electrons. The van der Waals surface area contributed by atoms with E-state index in [1.54, 1.807) is 48.5 Å². The van der Waals surface area contributed by atoms with E-state index in [4.69, 9.17) is 0 Å². The van der Waals surface area contributed by atoms with Crippen molar-refractivity contribution in [3.8, 4) is 0 Å². The third kappa shape index (κ3) is 2.65. The fourth-order valence-corrected chi connectivity index (χ4v) is 18.6. The Hall–Kier alpha value is -2.84. The number of piperazine rings is 2. The van der Waals surface area contributed by atoms with Crippen molar-refractivity contribution in [3.63, 3.8) is 0 Å². The molecule has 6 N–H and O–H groups in total. The van der Waals surface area contributed by atoms with Gasteiger partial charge in [-0.05, 0) is 80.3 Å². The molecule has 2 spiro atoms. The predicted octanol–water partition coefficient (Wildman–Crippen LogP) is 0.0526. The number of aliphatic hydroxyl groups is 4. The molecule has 4 bridgehead atoms. The molecule has 8 fully saturated rings. The van der Waals surface area contributed by atoms with Gasteiger partial charge in [-0.25, -0.2) is 0 Å². The molecule has 3 unspecified atom stereocenters. The number of hydrogen-bond acceptors (Lipinski definition) is 14. The van der Waals surface area contributed by atoms with Crippen molar-refractivity contribution in [3.05, 3.63) is 59.7 Å². The summed E-state index contributed by atoms with van der Waals surface area (Å²) in [6.45, 7) is 2.90. The number of aliphatic hydroxyl groups excluding tert-OH is 4. The van der Waals surface area contributed by atoms with Crippen LogP contribution in [0.4, 0.5) is 11.4 Å². The van der Waals surface area contributed by atoms with Gasteiger partial charge in [-0.2, -0.15) is 0 Å². The largest absolute Gasteiger partial charge is 0.389 e. The normalized spacial score (nSPS) is 45.5. The zero-order valence-corrected chi connectivity index (χ0v) is 30.2. The summed E-state index contributed by atoms with van der Waals surface area (Å²) in [5.41, 5.74) is -1.52. The highest BCUT2D eigenvalue weighted by Gasteiger charge is 2.93. The summed E-state index contributed by atoms with van der Waals surface area (Å²) < 4.78 is 0. The van der Waals surface area contributed by atoms with Crippen molar-refractivity contribution >= 4 is 78.2 Å². The van der Waals surface area contributed by atoms with Crippen LogP contribution in [0.2, 0.25) is 0 Å². The Kier molecular flexibility index (Phi) is 5.86. The Morgan fingerprint density at radius 1 is 0.620 bits per heavy atom. The number of likely N-dealkylation sites (N-methyl/N-ethyl adjacent to an activating group) is 2. The van der Waals surface area contributed by atoms with Gasteiger partial charge in [-0.15, -0.1) is 0 Å². The average molecular weight is 757 g/mol. The summed E-state index contributed by atoms with van der Waals surface area (Å²) in [6, 6.07) is 14.3. The molecule has 14 nitrogen and oxygen atoms in total. The average Bonchev–Trinajstić information content (AvgIpc) is 3.74. The molecule has 18 heteroatoms. The van der Waals surface area contributed by atoms with Gasteiger partial charge in [0.1, 0.15) is 24.5 Å². The van der Waals surface area contributed by atoms with E-state index in [1.165, 1.54) is 47.5 Å². The smallest absolute Gasteiger partial charge is 0.266 e.